The van der Waals surface area contributed by atoms with E-state index in [9.17, 15) is 20.0 Å². The summed E-state index contributed by atoms with van der Waals surface area (Å²) in [4.78, 5) is 24.1. The molecule has 0 spiro atoms. The van der Waals surface area contributed by atoms with Gasteiger partial charge in [-0.2, -0.15) is 5.10 Å². The molecule has 0 radical (unpaired) electrons. The molecule has 1 aliphatic rings. The topological polar surface area (TPSA) is 102 Å². The average Bonchev–Trinajstić information content (AvgIpc) is 2.91. The number of carboxylic acid groups (broad SMARTS) is 1. The summed E-state index contributed by atoms with van der Waals surface area (Å²) in [5.41, 5.74) is -0.459. The van der Waals surface area contributed by atoms with Crippen LogP contribution in [0.1, 0.15) is 38.8 Å². The minimum Gasteiger partial charge on any atom is -0.481 e. The third kappa shape index (κ3) is 2.45. The lowest BCUT2D eigenvalue weighted by Gasteiger charge is -2.21. The third-order valence-electron chi connectivity index (χ3n) is 4.04. The first-order chi connectivity index (χ1) is 9.67. The van der Waals surface area contributed by atoms with Gasteiger partial charge in [0, 0.05) is 26.1 Å². The molecule has 8 nitrogen and oxygen atoms in total. The van der Waals surface area contributed by atoms with E-state index in [-0.39, 0.29) is 18.2 Å². The monoisotopic (exact) mass is 296 g/mol. The highest BCUT2D eigenvalue weighted by Gasteiger charge is 2.44. The lowest BCUT2D eigenvalue weighted by Crippen LogP contribution is -2.32. The van der Waals surface area contributed by atoms with Gasteiger partial charge in [0.15, 0.2) is 0 Å². The third-order valence-corrected chi connectivity index (χ3v) is 4.04. The van der Waals surface area contributed by atoms with E-state index in [1.54, 1.807) is 18.9 Å². The summed E-state index contributed by atoms with van der Waals surface area (Å²) in [5.74, 6) is -0.550. The Morgan fingerprint density at radius 1 is 1.52 bits per heavy atom. The molecular weight excluding hydrogens is 276 g/mol. The van der Waals surface area contributed by atoms with Gasteiger partial charge in [0.1, 0.15) is 5.69 Å². The molecule has 8 heteroatoms. The number of aryl methyl sites for hydroxylation is 1. The Kier molecular flexibility index (Phi) is 3.65. The fourth-order valence-corrected chi connectivity index (χ4v) is 2.76. The van der Waals surface area contributed by atoms with Crippen molar-refractivity contribution in [1.82, 2.24) is 9.78 Å². The minimum atomic E-state index is -0.879. The summed E-state index contributed by atoms with van der Waals surface area (Å²) < 4.78 is 1.49. The van der Waals surface area contributed by atoms with E-state index < -0.39 is 16.3 Å². The Balaban J connectivity index is 2.46. The Hall–Kier alpha value is -2.12. The lowest BCUT2D eigenvalue weighted by atomic mass is 9.90. The number of hydrogen-bond acceptors (Lipinski definition) is 5. The first kappa shape index (κ1) is 15.3. The van der Waals surface area contributed by atoms with E-state index in [4.69, 9.17) is 0 Å². The van der Waals surface area contributed by atoms with Crippen molar-refractivity contribution >= 4 is 17.5 Å². The van der Waals surface area contributed by atoms with E-state index >= 15 is 0 Å². The number of anilines is 1. The highest BCUT2D eigenvalue weighted by Crippen LogP contribution is 2.40. The summed E-state index contributed by atoms with van der Waals surface area (Å²) in [6.45, 7) is 6.09. The number of carbonyl (C=O) groups is 1. The molecule has 21 heavy (non-hydrogen) atoms. The van der Waals surface area contributed by atoms with Gasteiger partial charge in [0.05, 0.1) is 10.3 Å². The minimum absolute atomic E-state index is 0.0119. The predicted molar refractivity (Wildman–Crippen MR) is 76.5 cm³/mol. The van der Waals surface area contributed by atoms with Crippen LogP contribution in [0.3, 0.4) is 0 Å². The van der Waals surface area contributed by atoms with Crippen LogP contribution in [0.25, 0.3) is 0 Å². The molecular formula is C13H20N4O4. The van der Waals surface area contributed by atoms with Crippen LogP contribution in [0.2, 0.25) is 0 Å². The normalized spacial score (nSPS) is 22.0. The summed E-state index contributed by atoms with van der Waals surface area (Å²) in [6, 6.07) is 0. The zero-order valence-electron chi connectivity index (χ0n) is 12.7. The number of aromatic nitrogens is 2. The Morgan fingerprint density at radius 3 is 2.57 bits per heavy atom. The van der Waals surface area contributed by atoms with E-state index in [0.717, 1.165) is 0 Å². The second kappa shape index (κ2) is 5.01. The first-order valence-corrected chi connectivity index (χ1v) is 6.87. The molecule has 1 aromatic heterocycles. The first-order valence-electron chi connectivity index (χ1n) is 6.87. The van der Waals surface area contributed by atoms with Crippen LogP contribution < -0.4 is 4.90 Å². The number of nitro groups is 1. The molecule has 0 saturated carbocycles. The number of aliphatic carboxylic acids is 1. The van der Waals surface area contributed by atoms with E-state index in [1.807, 2.05) is 13.8 Å². The van der Waals surface area contributed by atoms with E-state index in [0.29, 0.717) is 24.5 Å². The molecule has 1 saturated heterocycles. The highest BCUT2D eigenvalue weighted by molar-refractivity contribution is 5.77. The molecule has 2 heterocycles. The van der Waals surface area contributed by atoms with Crippen molar-refractivity contribution in [1.29, 1.82) is 0 Å². The predicted octanol–water partition coefficient (Wildman–Crippen LogP) is 1.75. The molecule has 1 fully saturated rings. The van der Waals surface area contributed by atoms with Crippen molar-refractivity contribution in [3.8, 4) is 0 Å². The van der Waals surface area contributed by atoms with Crippen LogP contribution in [0, 0.1) is 15.5 Å². The molecule has 1 atom stereocenters. The van der Waals surface area contributed by atoms with E-state index in [2.05, 4.69) is 5.10 Å². The maximum atomic E-state index is 11.4. The number of rotatable bonds is 4. The SMILES string of the molecule is CC(C)c1nn(C)c(N2CCC(C)(C(=O)O)C2)c1[N+](=O)[O-]. The molecule has 0 aromatic carbocycles. The summed E-state index contributed by atoms with van der Waals surface area (Å²) in [6.07, 6.45) is 0.460. The van der Waals surface area contributed by atoms with Crippen LogP contribution in [0.5, 0.6) is 0 Å². The van der Waals surface area contributed by atoms with Gasteiger partial charge in [-0.3, -0.25) is 14.9 Å². The number of carboxylic acids is 1. The molecule has 2 rings (SSSR count). The Labute approximate surface area is 122 Å². The molecule has 1 unspecified atom stereocenters. The van der Waals surface area contributed by atoms with Crippen LogP contribution >= 0.6 is 0 Å². The van der Waals surface area contributed by atoms with Crippen LogP contribution in [0.15, 0.2) is 0 Å². The molecule has 0 amide bonds. The highest BCUT2D eigenvalue weighted by atomic mass is 16.6. The summed E-state index contributed by atoms with van der Waals surface area (Å²) in [7, 11) is 1.66. The fraction of sp³-hybridized carbons (Fsp3) is 0.692. The van der Waals surface area contributed by atoms with Crippen LogP contribution in [-0.4, -0.2) is 38.9 Å². The zero-order valence-corrected chi connectivity index (χ0v) is 12.7. The zero-order chi connectivity index (χ0) is 15.9. The van der Waals surface area contributed by atoms with Crippen molar-refractivity contribution < 1.29 is 14.8 Å². The summed E-state index contributed by atoms with van der Waals surface area (Å²) in [5, 5.41) is 25.0. The molecule has 116 valence electrons. The van der Waals surface area contributed by atoms with Gasteiger partial charge < -0.3 is 10.0 Å². The van der Waals surface area contributed by atoms with Gasteiger partial charge in [-0.1, -0.05) is 13.8 Å². The molecule has 0 aliphatic carbocycles. The summed E-state index contributed by atoms with van der Waals surface area (Å²) >= 11 is 0. The standard InChI is InChI=1S/C13H20N4O4/c1-8(2)9-10(17(20)21)11(15(4)14-9)16-6-5-13(3,7-16)12(18)19/h8H,5-7H2,1-4H3,(H,18,19). The van der Waals surface area contributed by atoms with Crippen molar-refractivity contribution in [2.45, 2.75) is 33.1 Å². The van der Waals surface area contributed by atoms with Gasteiger partial charge in [0.2, 0.25) is 5.82 Å². The smallest absolute Gasteiger partial charge is 0.334 e. The average molecular weight is 296 g/mol. The van der Waals surface area contributed by atoms with E-state index in [1.165, 1.54) is 4.68 Å². The van der Waals surface area contributed by atoms with Gasteiger partial charge in [0.25, 0.3) is 0 Å². The lowest BCUT2D eigenvalue weighted by molar-refractivity contribution is -0.385. The molecule has 1 aromatic rings. The molecule has 0 bridgehead atoms. The van der Waals surface area contributed by atoms with Crippen molar-refractivity contribution in [3.63, 3.8) is 0 Å². The van der Waals surface area contributed by atoms with Crippen molar-refractivity contribution in [2.24, 2.45) is 12.5 Å². The number of nitrogens with zero attached hydrogens (tertiary/aromatic N) is 4. The number of hydrogen-bond donors (Lipinski definition) is 1. The largest absolute Gasteiger partial charge is 0.481 e. The maximum absolute atomic E-state index is 11.4. The van der Waals surface area contributed by atoms with Crippen molar-refractivity contribution in [2.75, 3.05) is 18.0 Å². The molecule has 1 N–H and O–H groups in total. The van der Waals surface area contributed by atoms with Gasteiger partial charge in [-0.15, -0.1) is 0 Å². The van der Waals surface area contributed by atoms with Crippen LogP contribution in [-0.2, 0) is 11.8 Å². The Morgan fingerprint density at radius 2 is 2.14 bits per heavy atom. The van der Waals surface area contributed by atoms with Gasteiger partial charge >= 0.3 is 11.7 Å². The Bertz CT molecular complexity index is 595. The van der Waals surface area contributed by atoms with Crippen LogP contribution in [0.4, 0.5) is 11.5 Å². The second-order valence-corrected chi connectivity index (χ2v) is 6.13. The fourth-order valence-electron chi connectivity index (χ4n) is 2.76. The quantitative estimate of drug-likeness (QED) is 0.671. The van der Waals surface area contributed by atoms with Crippen molar-refractivity contribution in [3.05, 3.63) is 15.8 Å². The maximum Gasteiger partial charge on any atom is 0.334 e. The van der Waals surface area contributed by atoms with Gasteiger partial charge in [-0.05, 0) is 13.3 Å². The molecule has 1 aliphatic heterocycles. The second-order valence-electron chi connectivity index (χ2n) is 6.13. The van der Waals surface area contributed by atoms with Gasteiger partial charge in [-0.25, -0.2) is 4.68 Å².